The minimum absolute atomic E-state index is 0.0521. The summed E-state index contributed by atoms with van der Waals surface area (Å²) in [4.78, 5) is 21.8. The van der Waals surface area contributed by atoms with Gasteiger partial charge in [-0.2, -0.15) is 0 Å². The highest BCUT2D eigenvalue weighted by Gasteiger charge is 2.31. The highest BCUT2D eigenvalue weighted by Crippen LogP contribution is 2.28. The maximum atomic E-state index is 12.9. The van der Waals surface area contributed by atoms with E-state index in [0.29, 0.717) is 18.9 Å². The molecule has 1 aliphatic rings. The summed E-state index contributed by atoms with van der Waals surface area (Å²) in [5.41, 5.74) is 1.41. The van der Waals surface area contributed by atoms with Crippen LogP contribution in [0.3, 0.4) is 0 Å². The van der Waals surface area contributed by atoms with Gasteiger partial charge < -0.3 is 9.88 Å². The lowest BCUT2D eigenvalue weighted by Crippen LogP contribution is -2.49. The fourth-order valence-electron chi connectivity index (χ4n) is 4.33. The summed E-state index contributed by atoms with van der Waals surface area (Å²) in [6, 6.07) is 10.1. The van der Waals surface area contributed by atoms with E-state index < -0.39 is 5.54 Å². The van der Waals surface area contributed by atoms with E-state index >= 15 is 0 Å². The van der Waals surface area contributed by atoms with Crippen LogP contribution >= 0.6 is 0 Å². The Kier molecular flexibility index (Phi) is 6.36. The summed E-state index contributed by atoms with van der Waals surface area (Å²) in [7, 11) is 0. The number of nitrogens with one attached hydrogen (secondary N) is 1. The zero-order valence-corrected chi connectivity index (χ0v) is 18.4. The lowest BCUT2D eigenvalue weighted by molar-refractivity contribution is -0.123. The largest absolute Gasteiger partial charge is 0.340 e. The summed E-state index contributed by atoms with van der Waals surface area (Å²) in [6.45, 7) is 4.87. The van der Waals surface area contributed by atoms with Crippen molar-refractivity contribution in [2.75, 3.05) is 0 Å². The second kappa shape index (κ2) is 9.34. The summed E-state index contributed by atoms with van der Waals surface area (Å²) in [5.74, 6) is 8.14. The number of aromatic nitrogens is 3. The Balaban J connectivity index is 1.48. The zero-order valence-electron chi connectivity index (χ0n) is 18.4. The van der Waals surface area contributed by atoms with Crippen molar-refractivity contribution in [3.05, 3.63) is 60.3 Å². The summed E-state index contributed by atoms with van der Waals surface area (Å²) in [5, 5.41) is 4.37. The standard InChI is InChI=1S/C26H30N4O/c1-20(2)25-27-15-17-30(25)16-11-24(31)29-26(12-6-3-7-13-26)14-10-21-18-22-8-4-5-9-23(22)28-19-21/h4-5,8-9,15,17-20H,3,6-7,11-13,16H2,1-2H3,(H,29,31). The van der Waals surface area contributed by atoms with Crippen molar-refractivity contribution in [2.24, 2.45) is 0 Å². The molecule has 5 nitrogen and oxygen atoms in total. The number of hydrogen-bond donors (Lipinski definition) is 1. The Hall–Kier alpha value is -3.13. The van der Waals surface area contributed by atoms with Crippen molar-refractivity contribution < 1.29 is 4.79 Å². The normalized spacial score (nSPS) is 15.5. The minimum atomic E-state index is -0.448. The van der Waals surface area contributed by atoms with E-state index in [1.54, 1.807) is 6.20 Å². The third-order valence-corrected chi connectivity index (χ3v) is 5.97. The minimum Gasteiger partial charge on any atom is -0.340 e. The number of fused-ring (bicyclic) bond motifs is 1. The maximum absolute atomic E-state index is 12.9. The predicted octanol–water partition coefficient (Wildman–Crippen LogP) is 4.82. The highest BCUT2D eigenvalue weighted by molar-refractivity contribution is 5.80. The molecule has 1 fully saturated rings. The van der Waals surface area contributed by atoms with Gasteiger partial charge in [-0.15, -0.1) is 0 Å². The molecule has 2 aromatic heterocycles. The fourth-order valence-corrected chi connectivity index (χ4v) is 4.33. The van der Waals surface area contributed by atoms with Crippen molar-refractivity contribution >= 4 is 16.8 Å². The molecule has 0 unspecified atom stereocenters. The Morgan fingerprint density at radius 3 is 2.81 bits per heavy atom. The molecule has 0 spiro atoms. The molecule has 0 radical (unpaired) electrons. The van der Waals surface area contributed by atoms with E-state index in [4.69, 9.17) is 0 Å². The maximum Gasteiger partial charge on any atom is 0.222 e. The molecule has 3 aromatic rings. The summed E-state index contributed by atoms with van der Waals surface area (Å²) in [6.07, 6.45) is 11.2. The molecule has 1 aromatic carbocycles. The number of aryl methyl sites for hydroxylation is 1. The first-order chi connectivity index (χ1) is 15.0. The van der Waals surface area contributed by atoms with Crippen molar-refractivity contribution in [3.8, 4) is 11.8 Å². The topological polar surface area (TPSA) is 59.8 Å². The van der Waals surface area contributed by atoms with Crippen LogP contribution in [-0.2, 0) is 11.3 Å². The Bertz CT molecular complexity index is 1110. The van der Waals surface area contributed by atoms with E-state index in [0.717, 1.165) is 48.0 Å². The molecule has 31 heavy (non-hydrogen) atoms. The van der Waals surface area contributed by atoms with E-state index in [9.17, 15) is 4.79 Å². The molecule has 0 bridgehead atoms. The first kappa shape index (κ1) is 21.1. The molecule has 1 N–H and O–H groups in total. The van der Waals surface area contributed by atoms with Gasteiger partial charge in [0.15, 0.2) is 0 Å². The van der Waals surface area contributed by atoms with Gasteiger partial charge in [0, 0.05) is 48.4 Å². The average Bonchev–Trinajstić information content (AvgIpc) is 3.26. The van der Waals surface area contributed by atoms with Crippen molar-refractivity contribution in [1.29, 1.82) is 0 Å². The Morgan fingerprint density at radius 1 is 1.19 bits per heavy atom. The van der Waals surface area contributed by atoms with Crippen molar-refractivity contribution in [1.82, 2.24) is 19.9 Å². The summed E-state index contributed by atoms with van der Waals surface area (Å²) < 4.78 is 2.07. The zero-order chi connectivity index (χ0) is 21.7. The number of carbonyl (C=O) groups is 1. The molecule has 2 heterocycles. The number of nitrogens with zero attached hydrogens (tertiary/aromatic N) is 3. The van der Waals surface area contributed by atoms with Crippen LogP contribution in [0.15, 0.2) is 48.9 Å². The van der Waals surface area contributed by atoms with Gasteiger partial charge in [0.25, 0.3) is 0 Å². The lowest BCUT2D eigenvalue weighted by atomic mass is 9.82. The van der Waals surface area contributed by atoms with Gasteiger partial charge in [-0.3, -0.25) is 9.78 Å². The molecule has 4 rings (SSSR count). The number of para-hydroxylation sites is 1. The first-order valence-corrected chi connectivity index (χ1v) is 11.2. The lowest BCUT2D eigenvalue weighted by Gasteiger charge is -2.33. The molecule has 1 saturated carbocycles. The highest BCUT2D eigenvalue weighted by atomic mass is 16.1. The van der Waals surface area contributed by atoms with Crippen LogP contribution in [0.4, 0.5) is 0 Å². The number of pyridine rings is 1. The van der Waals surface area contributed by atoms with Gasteiger partial charge in [0.05, 0.1) is 5.52 Å². The van der Waals surface area contributed by atoms with Crippen LogP contribution in [0, 0.1) is 11.8 Å². The Morgan fingerprint density at radius 2 is 2.00 bits per heavy atom. The number of benzene rings is 1. The second-order valence-corrected chi connectivity index (χ2v) is 8.74. The predicted molar refractivity (Wildman–Crippen MR) is 124 cm³/mol. The van der Waals surface area contributed by atoms with Crippen LogP contribution in [0.25, 0.3) is 10.9 Å². The van der Waals surface area contributed by atoms with Crippen LogP contribution < -0.4 is 5.32 Å². The van der Waals surface area contributed by atoms with Gasteiger partial charge in [-0.05, 0) is 25.0 Å². The fraction of sp³-hybridized carbons (Fsp3) is 0.423. The monoisotopic (exact) mass is 414 g/mol. The van der Waals surface area contributed by atoms with Gasteiger partial charge in [-0.25, -0.2) is 4.98 Å². The molecule has 0 saturated heterocycles. The third-order valence-electron chi connectivity index (χ3n) is 5.97. The molecule has 0 atom stereocenters. The number of amides is 1. The molecule has 1 amide bonds. The van der Waals surface area contributed by atoms with Gasteiger partial charge in [0.1, 0.15) is 11.4 Å². The molecular formula is C26H30N4O. The smallest absolute Gasteiger partial charge is 0.222 e. The average molecular weight is 415 g/mol. The molecule has 160 valence electrons. The first-order valence-electron chi connectivity index (χ1n) is 11.2. The SMILES string of the molecule is CC(C)c1nccn1CCC(=O)NC1(C#Cc2cnc3ccccc3c2)CCCCC1. The number of imidazole rings is 1. The van der Waals surface area contributed by atoms with E-state index in [1.165, 1.54) is 6.42 Å². The quantitative estimate of drug-likeness (QED) is 0.609. The van der Waals surface area contributed by atoms with Crippen molar-refractivity contribution in [3.63, 3.8) is 0 Å². The van der Waals surface area contributed by atoms with Gasteiger partial charge in [-0.1, -0.05) is 63.1 Å². The van der Waals surface area contributed by atoms with Crippen molar-refractivity contribution in [2.45, 2.75) is 70.4 Å². The third kappa shape index (κ3) is 5.14. The Labute approximate surface area is 184 Å². The van der Waals surface area contributed by atoms with Crippen LogP contribution in [0.1, 0.15) is 69.7 Å². The molecular weight excluding hydrogens is 384 g/mol. The molecule has 0 aliphatic heterocycles. The number of rotatable bonds is 5. The number of carbonyl (C=O) groups excluding carboxylic acids is 1. The molecule has 5 heteroatoms. The number of hydrogen-bond acceptors (Lipinski definition) is 3. The summed E-state index contributed by atoms with van der Waals surface area (Å²) >= 11 is 0. The van der Waals surface area contributed by atoms with E-state index in [1.807, 2.05) is 36.7 Å². The van der Waals surface area contributed by atoms with Gasteiger partial charge in [0.2, 0.25) is 5.91 Å². The van der Waals surface area contributed by atoms with Crippen LogP contribution in [0.5, 0.6) is 0 Å². The van der Waals surface area contributed by atoms with Crippen LogP contribution in [0.2, 0.25) is 0 Å². The second-order valence-electron chi connectivity index (χ2n) is 8.74. The van der Waals surface area contributed by atoms with Crippen LogP contribution in [-0.4, -0.2) is 26.0 Å². The van der Waals surface area contributed by atoms with E-state index in [2.05, 4.69) is 51.6 Å². The van der Waals surface area contributed by atoms with Gasteiger partial charge >= 0.3 is 0 Å². The van der Waals surface area contributed by atoms with E-state index in [-0.39, 0.29) is 5.91 Å². The molecule has 1 aliphatic carbocycles.